The molecule has 0 fully saturated rings. The van der Waals surface area contributed by atoms with Crippen LogP contribution in [0.4, 0.5) is 0 Å². The van der Waals surface area contributed by atoms with Gasteiger partial charge in [0.05, 0.1) is 10.6 Å². The van der Waals surface area contributed by atoms with Crippen LogP contribution in [0.2, 0.25) is 0 Å². The molecular weight excluding hydrogens is 334 g/mol. The molecule has 5 nitrogen and oxygen atoms in total. The molecule has 0 radical (unpaired) electrons. The normalized spacial score (nSPS) is 13.6. The number of nitrogens with one attached hydrogen (secondary N) is 1. The Labute approximate surface area is 137 Å². The van der Waals surface area contributed by atoms with Gasteiger partial charge in [0.25, 0.3) is 0 Å². The molecule has 0 aliphatic heterocycles. The smallest absolute Gasteiger partial charge is 0.211 e. The molecule has 0 unspecified atom stereocenters. The minimum atomic E-state index is -3.71. The molecule has 2 aromatic carbocycles. The predicted octanol–water partition coefficient (Wildman–Crippen LogP) is 2.14. The van der Waals surface area contributed by atoms with Gasteiger partial charge in [0.1, 0.15) is 5.25 Å². The summed E-state index contributed by atoms with van der Waals surface area (Å²) in [6, 6.07) is 16.7. The van der Waals surface area contributed by atoms with Crippen molar-refractivity contribution in [2.75, 3.05) is 12.3 Å². The van der Waals surface area contributed by atoms with Crippen LogP contribution in [0.5, 0.6) is 0 Å². The van der Waals surface area contributed by atoms with Crippen molar-refractivity contribution in [2.24, 2.45) is 0 Å². The molecule has 0 saturated carbocycles. The first-order valence-electron chi connectivity index (χ1n) is 7.18. The highest BCUT2D eigenvalue weighted by Crippen LogP contribution is 2.28. The predicted molar refractivity (Wildman–Crippen MR) is 90.3 cm³/mol. The van der Waals surface area contributed by atoms with Crippen molar-refractivity contribution in [2.45, 2.75) is 17.1 Å². The largest absolute Gasteiger partial charge is 0.223 e. The van der Waals surface area contributed by atoms with E-state index in [-0.39, 0.29) is 17.2 Å². The minimum Gasteiger partial charge on any atom is -0.223 e. The Kier molecular flexibility index (Phi) is 5.56. The highest BCUT2D eigenvalue weighted by molar-refractivity contribution is 7.92. The fraction of sp³-hybridized carbons (Fsp3) is 0.250. The van der Waals surface area contributed by atoms with Crippen LogP contribution in [-0.4, -0.2) is 29.1 Å². The Morgan fingerprint density at radius 1 is 0.870 bits per heavy atom. The Morgan fingerprint density at radius 2 is 1.39 bits per heavy atom. The van der Waals surface area contributed by atoms with Crippen LogP contribution in [0, 0.1) is 0 Å². The van der Waals surface area contributed by atoms with Gasteiger partial charge in [-0.1, -0.05) is 48.5 Å². The molecule has 0 aliphatic rings. The van der Waals surface area contributed by atoms with Crippen molar-refractivity contribution in [1.82, 2.24) is 4.72 Å². The third kappa shape index (κ3) is 4.40. The van der Waals surface area contributed by atoms with Gasteiger partial charge in [-0.15, -0.1) is 0 Å². The summed E-state index contributed by atoms with van der Waals surface area (Å²) in [5, 5.41) is -0.979. The van der Waals surface area contributed by atoms with E-state index in [0.717, 1.165) is 0 Å². The van der Waals surface area contributed by atoms with Gasteiger partial charge >= 0.3 is 0 Å². The van der Waals surface area contributed by atoms with Crippen LogP contribution < -0.4 is 4.72 Å². The van der Waals surface area contributed by atoms with Gasteiger partial charge in [-0.2, -0.15) is 0 Å². The number of sulfonamides is 1. The topological polar surface area (TPSA) is 80.3 Å². The average Bonchev–Trinajstić information content (AvgIpc) is 2.56. The zero-order valence-electron chi connectivity index (χ0n) is 12.7. The molecule has 2 aromatic rings. The summed E-state index contributed by atoms with van der Waals surface area (Å²) in [4.78, 5) is 0.171. The molecule has 124 valence electrons. The van der Waals surface area contributed by atoms with Gasteiger partial charge in [-0.05, 0) is 24.6 Å². The summed E-state index contributed by atoms with van der Waals surface area (Å²) < 4.78 is 51.6. The molecule has 7 heteroatoms. The Balaban J connectivity index is 2.42. The minimum absolute atomic E-state index is 0.0973. The second kappa shape index (κ2) is 7.25. The summed E-state index contributed by atoms with van der Waals surface area (Å²) >= 11 is 0. The van der Waals surface area contributed by atoms with Crippen LogP contribution >= 0.6 is 0 Å². The SMILES string of the molecule is CCS(=O)(=O)NC[C@@H](c1ccccc1)S(=O)(=O)c1ccccc1. The van der Waals surface area contributed by atoms with E-state index in [1.54, 1.807) is 48.5 Å². The van der Waals surface area contributed by atoms with Crippen LogP contribution in [0.1, 0.15) is 17.7 Å². The standard InChI is InChI=1S/C16H19NO4S2/c1-2-22(18,19)17-13-16(14-9-5-3-6-10-14)23(20,21)15-11-7-4-8-12-15/h3-12,16-17H,2,13H2,1H3/t16-/m0/s1. The van der Waals surface area contributed by atoms with E-state index in [0.29, 0.717) is 5.56 Å². The first-order chi connectivity index (χ1) is 10.9. The third-order valence-electron chi connectivity index (χ3n) is 3.49. The number of sulfone groups is 1. The van der Waals surface area contributed by atoms with Crippen LogP contribution in [0.25, 0.3) is 0 Å². The summed E-state index contributed by atoms with van der Waals surface area (Å²) in [6.45, 7) is 1.31. The van der Waals surface area contributed by atoms with Crippen LogP contribution in [0.15, 0.2) is 65.6 Å². The van der Waals surface area contributed by atoms with Crippen LogP contribution in [-0.2, 0) is 19.9 Å². The number of hydrogen-bond acceptors (Lipinski definition) is 4. The summed E-state index contributed by atoms with van der Waals surface area (Å²) in [6.07, 6.45) is 0. The van der Waals surface area contributed by atoms with E-state index in [9.17, 15) is 16.8 Å². The van der Waals surface area contributed by atoms with Gasteiger partial charge in [-0.3, -0.25) is 0 Å². The number of hydrogen-bond donors (Lipinski definition) is 1. The van der Waals surface area contributed by atoms with E-state index >= 15 is 0 Å². The van der Waals surface area contributed by atoms with Gasteiger partial charge in [0.15, 0.2) is 9.84 Å². The second-order valence-electron chi connectivity index (χ2n) is 5.01. The van der Waals surface area contributed by atoms with Crippen molar-refractivity contribution in [1.29, 1.82) is 0 Å². The fourth-order valence-electron chi connectivity index (χ4n) is 2.15. The molecule has 1 atom stereocenters. The summed E-state index contributed by atoms with van der Waals surface area (Å²) in [5.74, 6) is -0.0973. The molecule has 2 rings (SSSR count). The van der Waals surface area contributed by atoms with Gasteiger partial charge < -0.3 is 0 Å². The van der Waals surface area contributed by atoms with E-state index < -0.39 is 25.1 Å². The monoisotopic (exact) mass is 353 g/mol. The maximum Gasteiger partial charge on any atom is 0.211 e. The van der Waals surface area contributed by atoms with Gasteiger partial charge in [-0.25, -0.2) is 21.6 Å². The molecule has 0 aromatic heterocycles. The fourth-order valence-corrected chi connectivity index (χ4v) is 4.57. The molecule has 0 amide bonds. The summed E-state index contributed by atoms with van der Waals surface area (Å²) in [5.41, 5.74) is 0.551. The van der Waals surface area contributed by atoms with Gasteiger partial charge in [0.2, 0.25) is 10.0 Å². The lowest BCUT2D eigenvalue weighted by atomic mass is 10.1. The zero-order valence-corrected chi connectivity index (χ0v) is 14.3. The quantitative estimate of drug-likeness (QED) is 0.827. The van der Waals surface area contributed by atoms with Crippen LogP contribution in [0.3, 0.4) is 0 Å². The highest BCUT2D eigenvalue weighted by Gasteiger charge is 2.29. The lowest BCUT2D eigenvalue weighted by Gasteiger charge is -2.19. The molecule has 0 heterocycles. The summed E-state index contributed by atoms with van der Waals surface area (Å²) in [7, 11) is -7.19. The Bertz CT molecular complexity index is 832. The first-order valence-corrected chi connectivity index (χ1v) is 10.4. The molecular formula is C16H19NO4S2. The maximum atomic E-state index is 12.9. The Hall–Kier alpha value is -1.70. The third-order valence-corrected chi connectivity index (χ3v) is 6.97. The molecule has 0 saturated heterocycles. The lowest BCUT2D eigenvalue weighted by Crippen LogP contribution is -2.32. The van der Waals surface area contributed by atoms with E-state index in [2.05, 4.69) is 4.72 Å². The van der Waals surface area contributed by atoms with Crippen molar-refractivity contribution < 1.29 is 16.8 Å². The lowest BCUT2D eigenvalue weighted by molar-refractivity contribution is 0.569. The first kappa shape index (κ1) is 17.7. The van der Waals surface area contributed by atoms with E-state index in [1.165, 1.54) is 19.1 Å². The Morgan fingerprint density at radius 3 is 1.91 bits per heavy atom. The highest BCUT2D eigenvalue weighted by atomic mass is 32.2. The average molecular weight is 353 g/mol. The van der Waals surface area contributed by atoms with Crippen molar-refractivity contribution in [3.63, 3.8) is 0 Å². The van der Waals surface area contributed by atoms with Crippen molar-refractivity contribution in [3.8, 4) is 0 Å². The van der Waals surface area contributed by atoms with Crippen molar-refractivity contribution in [3.05, 3.63) is 66.2 Å². The maximum absolute atomic E-state index is 12.9. The molecule has 0 spiro atoms. The second-order valence-corrected chi connectivity index (χ2v) is 9.24. The molecule has 23 heavy (non-hydrogen) atoms. The van der Waals surface area contributed by atoms with E-state index in [1.807, 2.05) is 0 Å². The molecule has 0 aliphatic carbocycles. The van der Waals surface area contributed by atoms with Crippen molar-refractivity contribution >= 4 is 19.9 Å². The van der Waals surface area contributed by atoms with Gasteiger partial charge in [0, 0.05) is 6.54 Å². The molecule has 1 N–H and O–H groups in total. The zero-order chi connectivity index (χ0) is 16.9. The molecule has 0 bridgehead atoms. The number of rotatable bonds is 7. The van der Waals surface area contributed by atoms with E-state index in [4.69, 9.17) is 0 Å². The number of benzene rings is 2.